The van der Waals surface area contributed by atoms with Crippen LogP contribution in [-0.4, -0.2) is 54.5 Å². The quantitative estimate of drug-likeness (QED) is 0.496. The zero-order valence-electron chi connectivity index (χ0n) is 10.1. The number of carbonyl (C=O) groups is 3. The van der Waals surface area contributed by atoms with Crippen molar-refractivity contribution < 1.29 is 19.5 Å². The maximum absolute atomic E-state index is 11.4. The minimum absolute atomic E-state index is 0.0123. The van der Waals surface area contributed by atoms with E-state index in [1.165, 1.54) is 0 Å². The molecule has 4 N–H and O–H groups in total. The molecule has 17 heavy (non-hydrogen) atoms. The van der Waals surface area contributed by atoms with Gasteiger partial charge in [-0.15, -0.1) is 0 Å². The molecule has 7 heteroatoms. The molecule has 0 spiro atoms. The summed E-state index contributed by atoms with van der Waals surface area (Å²) in [5, 5.41) is 11.2. The fourth-order valence-corrected chi connectivity index (χ4v) is 1.14. The van der Waals surface area contributed by atoms with Gasteiger partial charge in [0.05, 0.1) is 0 Å². The summed E-state index contributed by atoms with van der Waals surface area (Å²) in [5.74, 6) is -2.10. The number of hydrogen-bond donors (Lipinski definition) is 3. The predicted molar refractivity (Wildman–Crippen MR) is 61.2 cm³/mol. The lowest BCUT2D eigenvalue weighted by Crippen LogP contribution is -2.42. The molecule has 2 amide bonds. The molecule has 1 atom stereocenters. The number of carboxylic acid groups (broad SMARTS) is 1. The molecule has 0 bridgehead atoms. The highest BCUT2D eigenvalue weighted by molar-refractivity contribution is 5.84. The fourth-order valence-electron chi connectivity index (χ4n) is 1.14. The number of nitrogens with one attached hydrogen (secondary N) is 1. The van der Waals surface area contributed by atoms with Crippen LogP contribution >= 0.6 is 0 Å². The Bertz CT molecular complexity index is 291. The third kappa shape index (κ3) is 8.21. The maximum atomic E-state index is 11.4. The molecular formula is C10H19N3O4. The van der Waals surface area contributed by atoms with Gasteiger partial charge in [0.1, 0.15) is 6.04 Å². The van der Waals surface area contributed by atoms with E-state index in [4.69, 9.17) is 10.8 Å². The Morgan fingerprint density at radius 2 is 1.88 bits per heavy atom. The first kappa shape index (κ1) is 15.4. The first-order chi connectivity index (χ1) is 7.82. The van der Waals surface area contributed by atoms with E-state index in [1.54, 1.807) is 0 Å². The van der Waals surface area contributed by atoms with Gasteiger partial charge >= 0.3 is 5.97 Å². The second kappa shape index (κ2) is 7.61. The van der Waals surface area contributed by atoms with Gasteiger partial charge in [-0.1, -0.05) is 0 Å². The molecule has 0 unspecified atom stereocenters. The standard InChI is InChI=1S/C10H19N3O4/c1-13(2)6-5-9(15)12-7(10(16)17)3-4-8(11)14/h7H,3-6H2,1-2H3,(H2,11,14)(H,12,15)(H,16,17)/t7-/m0/s1. The highest BCUT2D eigenvalue weighted by Crippen LogP contribution is 1.98. The highest BCUT2D eigenvalue weighted by atomic mass is 16.4. The molecule has 0 aliphatic rings. The van der Waals surface area contributed by atoms with E-state index in [-0.39, 0.29) is 25.2 Å². The SMILES string of the molecule is CN(C)CCC(=O)N[C@@H](CCC(N)=O)C(=O)O. The van der Waals surface area contributed by atoms with Gasteiger partial charge < -0.3 is 21.1 Å². The topological polar surface area (TPSA) is 113 Å². The number of rotatable bonds is 8. The van der Waals surface area contributed by atoms with Gasteiger partial charge in [0, 0.05) is 19.4 Å². The molecule has 0 aromatic heterocycles. The summed E-state index contributed by atoms with van der Waals surface area (Å²) in [4.78, 5) is 34.6. The van der Waals surface area contributed by atoms with Gasteiger partial charge in [0.15, 0.2) is 0 Å². The van der Waals surface area contributed by atoms with Crippen molar-refractivity contribution >= 4 is 17.8 Å². The van der Waals surface area contributed by atoms with Crippen molar-refractivity contribution in [3.63, 3.8) is 0 Å². The molecular weight excluding hydrogens is 226 g/mol. The Hall–Kier alpha value is -1.63. The second-order valence-electron chi connectivity index (χ2n) is 4.02. The van der Waals surface area contributed by atoms with Crippen LogP contribution < -0.4 is 11.1 Å². The number of primary amides is 1. The summed E-state index contributed by atoms with van der Waals surface area (Å²) < 4.78 is 0. The normalized spacial score (nSPS) is 12.2. The van der Waals surface area contributed by atoms with Crippen LogP contribution in [0, 0.1) is 0 Å². The van der Waals surface area contributed by atoms with Crippen molar-refractivity contribution in [3.05, 3.63) is 0 Å². The minimum atomic E-state index is -1.16. The minimum Gasteiger partial charge on any atom is -0.480 e. The van der Waals surface area contributed by atoms with Gasteiger partial charge in [-0.2, -0.15) is 0 Å². The van der Waals surface area contributed by atoms with Crippen LogP contribution in [0.25, 0.3) is 0 Å². The molecule has 0 saturated heterocycles. The van der Waals surface area contributed by atoms with Crippen LogP contribution in [0.4, 0.5) is 0 Å². The van der Waals surface area contributed by atoms with Gasteiger partial charge in [0.25, 0.3) is 0 Å². The van der Waals surface area contributed by atoms with E-state index >= 15 is 0 Å². The van der Waals surface area contributed by atoms with Gasteiger partial charge in [0.2, 0.25) is 11.8 Å². The lowest BCUT2D eigenvalue weighted by atomic mass is 10.1. The summed E-state index contributed by atoms with van der Waals surface area (Å²) >= 11 is 0. The third-order valence-corrected chi connectivity index (χ3v) is 2.10. The molecule has 0 aromatic carbocycles. The van der Waals surface area contributed by atoms with Crippen LogP contribution in [0.2, 0.25) is 0 Å². The maximum Gasteiger partial charge on any atom is 0.326 e. The second-order valence-corrected chi connectivity index (χ2v) is 4.02. The Morgan fingerprint density at radius 1 is 1.29 bits per heavy atom. The van der Waals surface area contributed by atoms with Crippen molar-refractivity contribution in [2.24, 2.45) is 5.73 Å². The molecule has 7 nitrogen and oxygen atoms in total. The Morgan fingerprint density at radius 3 is 2.29 bits per heavy atom. The van der Waals surface area contributed by atoms with Gasteiger partial charge in [-0.3, -0.25) is 9.59 Å². The molecule has 0 fully saturated rings. The predicted octanol–water partition coefficient (Wildman–Crippen LogP) is -1.23. The van der Waals surface area contributed by atoms with Crippen molar-refractivity contribution in [1.82, 2.24) is 10.2 Å². The van der Waals surface area contributed by atoms with Crippen molar-refractivity contribution in [3.8, 4) is 0 Å². The largest absolute Gasteiger partial charge is 0.480 e. The third-order valence-electron chi connectivity index (χ3n) is 2.10. The first-order valence-corrected chi connectivity index (χ1v) is 5.28. The van der Waals surface area contributed by atoms with Crippen LogP contribution in [0.5, 0.6) is 0 Å². The molecule has 0 heterocycles. The first-order valence-electron chi connectivity index (χ1n) is 5.28. The molecule has 0 radical (unpaired) electrons. The Balaban J connectivity index is 4.11. The fraction of sp³-hybridized carbons (Fsp3) is 0.700. The Kier molecular flexibility index (Phi) is 6.88. The van der Waals surface area contributed by atoms with E-state index in [2.05, 4.69) is 5.32 Å². The molecule has 0 saturated carbocycles. The lowest BCUT2D eigenvalue weighted by molar-refractivity contribution is -0.142. The average molecular weight is 245 g/mol. The Labute approximate surface area is 100.0 Å². The van der Waals surface area contributed by atoms with Crippen LogP contribution in [0.3, 0.4) is 0 Å². The van der Waals surface area contributed by atoms with Crippen molar-refractivity contribution in [2.45, 2.75) is 25.3 Å². The number of aliphatic carboxylic acids is 1. The zero-order chi connectivity index (χ0) is 13.4. The number of nitrogens with two attached hydrogens (primary N) is 1. The molecule has 0 aliphatic heterocycles. The van der Waals surface area contributed by atoms with Crippen LogP contribution in [0.15, 0.2) is 0 Å². The monoisotopic (exact) mass is 245 g/mol. The highest BCUT2D eigenvalue weighted by Gasteiger charge is 2.20. The van der Waals surface area contributed by atoms with Crippen LogP contribution in [-0.2, 0) is 14.4 Å². The van der Waals surface area contributed by atoms with E-state index < -0.39 is 17.9 Å². The summed E-state index contributed by atoms with van der Waals surface area (Å²) in [6.07, 6.45) is 0.163. The molecule has 0 rings (SSSR count). The molecule has 0 aliphatic carbocycles. The summed E-state index contributed by atoms with van der Waals surface area (Å²) in [7, 11) is 3.63. The van der Waals surface area contributed by atoms with E-state index in [9.17, 15) is 14.4 Å². The summed E-state index contributed by atoms with van der Waals surface area (Å²) in [5.41, 5.74) is 4.92. The molecule has 0 aromatic rings. The summed E-state index contributed by atoms with van der Waals surface area (Å²) in [6.45, 7) is 0.536. The number of amides is 2. The average Bonchev–Trinajstić information content (AvgIpc) is 2.20. The number of carbonyl (C=O) groups excluding carboxylic acids is 2. The van der Waals surface area contributed by atoms with Gasteiger partial charge in [-0.05, 0) is 20.5 Å². The zero-order valence-corrected chi connectivity index (χ0v) is 10.1. The number of hydrogen-bond acceptors (Lipinski definition) is 4. The van der Waals surface area contributed by atoms with Crippen molar-refractivity contribution in [1.29, 1.82) is 0 Å². The van der Waals surface area contributed by atoms with Crippen molar-refractivity contribution in [2.75, 3.05) is 20.6 Å². The number of carboxylic acids is 1. The smallest absolute Gasteiger partial charge is 0.326 e. The lowest BCUT2D eigenvalue weighted by Gasteiger charge is -2.15. The molecule has 98 valence electrons. The number of nitrogens with zero attached hydrogens (tertiary/aromatic N) is 1. The van der Waals surface area contributed by atoms with E-state index in [0.29, 0.717) is 6.54 Å². The summed E-state index contributed by atoms with van der Waals surface area (Å²) in [6, 6.07) is -1.06. The van der Waals surface area contributed by atoms with Crippen LogP contribution in [0.1, 0.15) is 19.3 Å². The van der Waals surface area contributed by atoms with E-state index in [0.717, 1.165) is 0 Å². The van der Waals surface area contributed by atoms with E-state index in [1.807, 2.05) is 19.0 Å². The van der Waals surface area contributed by atoms with Gasteiger partial charge in [-0.25, -0.2) is 4.79 Å².